The molecule has 9 heteroatoms. The Kier molecular flexibility index (Phi) is 5.83. The summed E-state index contributed by atoms with van der Waals surface area (Å²) in [6, 6.07) is 4.53. The molecule has 0 bridgehead atoms. The maximum absolute atomic E-state index is 10.6. The van der Waals surface area contributed by atoms with Crippen LogP contribution in [0, 0.1) is 0 Å². The molecule has 1 heterocycles. The second-order valence-electron chi connectivity index (χ2n) is 3.81. The molecule has 1 aliphatic heterocycles. The number of halogens is 1. The number of benzene rings is 1. The van der Waals surface area contributed by atoms with Crippen molar-refractivity contribution in [1.82, 2.24) is 5.32 Å². The molecule has 6 N–H and O–H groups in total. The first-order chi connectivity index (χ1) is 8.80. The van der Waals surface area contributed by atoms with Gasteiger partial charge in [0.25, 0.3) is 0 Å². The van der Waals surface area contributed by atoms with Crippen molar-refractivity contribution in [2.24, 2.45) is 5.14 Å². The summed E-state index contributed by atoms with van der Waals surface area (Å²) in [5, 5.41) is 16.2. The predicted octanol–water partition coefficient (Wildman–Crippen LogP) is -0.151. The molecule has 1 unspecified atom stereocenters. The van der Waals surface area contributed by atoms with Crippen LogP contribution in [0.25, 0.3) is 0 Å². The Morgan fingerprint density at radius 2 is 2.16 bits per heavy atom. The quantitative estimate of drug-likeness (QED) is 0.422. The van der Waals surface area contributed by atoms with Crippen molar-refractivity contribution in [3.8, 4) is 5.75 Å². The summed E-state index contributed by atoms with van der Waals surface area (Å²) in [6.45, 7) is 1.24. The van der Waals surface area contributed by atoms with Gasteiger partial charge < -0.3 is 15.6 Å². The molecule has 0 amide bonds. The smallest absolute Gasteiger partial charge is 0.227 e. The van der Waals surface area contributed by atoms with Crippen molar-refractivity contribution in [3.63, 3.8) is 0 Å². The van der Waals surface area contributed by atoms with Crippen molar-refractivity contribution in [2.45, 2.75) is 5.37 Å². The number of nitrogens with one attached hydrogen (secondary N) is 1. The average Bonchev–Trinajstić information content (AvgIpc) is 2.35. The van der Waals surface area contributed by atoms with E-state index < -0.39 is 15.4 Å². The van der Waals surface area contributed by atoms with Gasteiger partial charge in [-0.15, -0.1) is 0 Å². The maximum Gasteiger partial charge on any atom is 0.227 e. The number of phenolic OH excluding ortho intramolecular Hbond substituents is 1. The van der Waals surface area contributed by atoms with Gasteiger partial charge in [-0.2, -0.15) is 0 Å². The van der Waals surface area contributed by atoms with Crippen LogP contribution in [0.15, 0.2) is 18.2 Å². The number of aromatic hydroxyl groups is 1. The molecule has 0 saturated carbocycles. The topological polar surface area (TPSA) is 128 Å². The molecule has 1 atom stereocenters. The molecular weight excluding hydrogens is 294 g/mol. The van der Waals surface area contributed by atoms with E-state index in [2.05, 4.69) is 5.32 Å². The zero-order valence-electron chi connectivity index (χ0n) is 10.0. The number of primary sulfonamides is 1. The van der Waals surface area contributed by atoms with Gasteiger partial charge in [0.15, 0.2) is 0 Å². The first-order valence-corrected chi connectivity index (χ1v) is 7.36. The van der Waals surface area contributed by atoms with Crippen LogP contribution in [-0.2, 0) is 14.8 Å². The summed E-state index contributed by atoms with van der Waals surface area (Å²) >= 11 is 5.53. The highest BCUT2D eigenvalue weighted by molar-refractivity contribution is 7.89. The number of hydrogen-bond acceptors (Lipinski definition) is 6. The van der Waals surface area contributed by atoms with Gasteiger partial charge in [-0.3, -0.25) is 5.32 Å². The van der Waals surface area contributed by atoms with Gasteiger partial charge >= 0.3 is 0 Å². The SMILES string of the molecule is NS(=O)(=O)C1COCCN1.Nc1cc(Cl)ccc1O. The minimum Gasteiger partial charge on any atom is -0.506 e. The Morgan fingerprint density at radius 1 is 1.47 bits per heavy atom. The predicted molar refractivity (Wildman–Crippen MR) is 73.2 cm³/mol. The Morgan fingerprint density at radius 3 is 2.53 bits per heavy atom. The first kappa shape index (κ1) is 16.0. The fourth-order valence-corrected chi connectivity index (χ4v) is 2.09. The number of anilines is 1. The Bertz CT molecular complexity index is 518. The van der Waals surface area contributed by atoms with Gasteiger partial charge in [0.1, 0.15) is 11.1 Å². The summed E-state index contributed by atoms with van der Waals surface area (Å²) in [7, 11) is -3.46. The highest BCUT2D eigenvalue weighted by atomic mass is 35.5. The van der Waals surface area contributed by atoms with Crippen LogP contribution >= 0.6 is 11.6 Å². The summed E-state index contributed by atoms with van der Waals surface area (Å²) in [5.41, 5.74) is 5.59. The van der Waals surface area contributed by atoms with E-state index in [1.165, 1.54) is 12.1 Å². The van der Waals surface area contributed by atoms with E-state index in [9.17, 15) is 8.42 Å². The van der Waals surface area contributed by atoms with E-state index in [-0.39, 0.29) is 12.4 Å². The number of ether oxygens (including phenoxy) is 1. The van der Waals surface area contributed by atoms with E-state index in [0.717, 1.165) is 0 Å². The molecule has 19 heavy (non-hydrogen) atoms. The Labute approximate surface area is 116 Å². The molecule has 1 fully saturated rings. The van der Waals surface area contributed by atoms with Crippen LogP contribution in [0.3, 0.4) is 0 Å². The highest BCUT2D eigenvalue weighted by Gasteiger charge is 2.23. The number of rotatable bonds is 1. The van der Waals surface area contributed by atoms with Crippen LogP contribution in [0.1, 0.15) is 0 Å². The molecule has 0 aliphatic carbocycles. The minimum absolute atomic E-state index is 0.0689. The molecule has 0 spiro atoms. The number of hydrogen-bond donors (Lipinski definition) is 4. The third kappa shape index (κ3) is 5.62. The molecule has 1 aliphatic rings. The van der Waals surface area contributed by atoms with Gasteiger partial charge in [0, 0.05) is 11.6 Å². The lowest BCUT2D eigenvalue weighted by Gasteiger charge is -2.21. The van der Waals surface area contributed by atoms with Crippen molar-refractivity contribution in [3.05, 3.63) is 23.2 Å². The largest absolute Gasteiger partial charge is 0.506 e. The van der Waals surface area contributed by atoms with Crippen molar-refractivity contribution >= 4 is 27.3 Å². The average molecular weight is 310 g/mol. The number of morpholine rings is 1. The third-order valence-electron chi connectivity index (χ3n) is 2.27. The molecule has 1 aromatic carbocycles. The number of nitrogen functional groups attached to an aromatic ring is 1. The molecule has 2 rings (SSSR count). The molecule has 7 nitrogen and oxygen atoms in total. The third-order valence-corrected chi connectivity index (χ3v) is 3.60. The van der Waals surface area contributed by atoms with Crippen LogP contribution in [0.5, 0.6) is 5.75 Å². The van der Waals surface area contributed by atoms with Gasteiger partial charge in [-0.05, 0) is 18.2 Å². The van der Waals surface area contributed by atoms with Gasteiger partial charge in [-0.1, -0.05) is 11.6 Å². The van der Waals surface area contributed by atoms with Crippen LogP contribution in [0.2, 0.25) is 5.02 Å². The first-order valence-electron chi connectivity index (χ1n) is 5.37. The van der Waals surface area contributed by atoms with E-state index >= 15 is 0 Å². The molecule has 0 radical (unpaired) electrons. The lowest BCUT2D eigenvalue weighted by Crippen LogP contribution is -2.49. The van der Waals surface area contributed by atoms with Crippen LogP contribution in [0.4, 0.5) is 5.69 Å². The number of phenols is 1. The number of nitrogens with two attached hydrogens (primary N) is 2. The summed E-state index contributed by atoms with van der Waals surface area (Å²) < 4.78 is 26.1. The van der Waals surface area contributed by atoms with E-state index in [1.807, 2.05) is 0 Å². The summed E-state index contributed by atoms with van der Waals surface area (Å²) in [4.78, 5) is 0. The highest BCUT2D eigenvalue weighted by Crippen LogP contribution is 2.22. The minimum atomic E-state index is -3.46. The normalized spacial score (nSPS) is 19.4. The molecule has 1 saturated heterocycles. The fourth-order valence-electron chi connectivity index (χ4n) is 1.28. The van der Waals surface area contributed by atoms with Crippen LogP contribution < -0.4 is 16.2 Å². The van der Waals surface area contributed by atoms with Crippen molar-refractivity contribution in [1.29, 1.82) is 0 Å². The van der Waals surface area contributed by atoms with E-state index in [0.29, 0.717) is 23.9 Å². The zero-order chi connectivity index (χ0) is 14.5. The monoisotopic (exact) mass is 309 g/mol. The zero-order valence-corrected chi connectivity index (χ0v) is 11.6. The molecular formula is C10H16ClN3O4S. The second-order valence-corrected chi connectivity index (χ2v) is 5.99. The van der Waals surface area contributed by atoms with Gasteiger partial charge in [-0.25, -0.2) is 13.6 Å². The Balaban J connectivity index is 0.000000191. The van der Waals surface area contributed by atoms with Crippen molar-refractivity contribution < 1.29 is 18.3 Å². The van der Waals surface area contributed by atoms with Crippen LogP contribution in [-0.4, -0.2) is 38.7 Å². The van der Waals surface area contributed by atoms with Crippen molar-refractivity contribution in [2.75, 3.05) is 25.5 Å². The summed E-state index contributed by atoms with van der Waals surface area (Å²) in [6.07, 6.45) is 0. The fraction of sp³-hybridized carbons (Fsp3) is 0.400. The maximum atomic E-state index is 10.6. The lowest BCUT2D eigenvalue weighted by atomic mass is 10.3. The number of sulfonamides is 1. The molecule has 0 aromatic heterocycles. The Hall–Kier alpha value is -1.06. The summed E-state index contributed by atoms with van der Waals surface area (Å²) in [5.74, 6) is 0.0689. The molecule has 1 aromatic rings. The molecule has 108 valence electrons. The van der Waals surface area contributed by atoms with E-state index in [4.69, 9.17) is 32.3 Å². The second kappa shape index (κ2) is 6.92. The standard InChI is InChI=1S/C6H6ClNO.C4H10N2O3S/c7-4-1-2-6(9)5(8)3-4;5-10(7,8)4-3-9-2-1-6-4/h1-3,9H,8H2;4,6H,1-3H2,(H2,5,7,8). The lowest BCUT2D eigenvalue weighted by molar-refractivity contribution is 0.0978. The van der Waals surface area contributed by atoms with Gasteiger partial charge in [0.05, 0.1) is 18.9 Å². The van der Waals surface area contributed by atoms with E-state index in [1.54, 1.807) is 6.07 Å². The van der Waals surface area contributed by atoms with Gasteiger partial charge in [0.2, 0.25) is 10.0 Å².